The van der Waals surface area contributed by atoms with Crippen LogP contribution in [0.15, 0.2) is 11.9 Å². The highest BCUT2D eigenvalue weighted by atomic mass is 19.1. The van der Waals surface area contributed by atoms with Gasteiger partial charge >= 0.3 is 6.03 Å². The zero-order valence-electron chi connectivity index (χ0n) is 15.5. The van der Waals surface area contributed by atoms with Gasteiger partial charge in [-0.2, -0.15) is 0 Å². The number of ether oxygens (including phenoxy) is 1. The van der Waals surface area contributed by atoms with E-state index in [0.717, 1.165) is 31.6 Å². The Bertz CT molecular complexity index is 494. The lowest BCUT2D eigenvalue weighted by Gasteiger charge is -2.65. The number of carbonyl (C=O) groups is 1. The standard InChI is InChI=1S/C20H33FN2O2/c1-25-13-17(21)8-4-2-3-5-10-22-18(24)23-20-12-16-7-6-9-19(11-16,14-20)15-20/h8,16H,2-7,9-15H2,1H3,(H2,22,23,24)/b17-8-. The Balaban J connectivity index is 1.26. The minimum absolute atomic E-state index is 0.000795. The molecule has 4 fully saturated rings. The monoisotopic (exact) mass is 352 g/mol. The summed E-state index contributed by atoms with van der Waals surface area (Å²) in [4.78, 5) is 12.2. The summed E-state index contributed by atoms with van der Waals surface area (Å²) in [5.74, 6) is 0.637. The van der Waals surface area contributed by atoms with Crippen LogP contribution < -0.4 is 10.6 Å². The van der Waals surface area contributed by atoms with Crippen molar-refractivity contribution >= 4 is 6.03 Å². The second kappa shape index (κ2) is 8.07. The summed E-state index contributed by atoms with van der Waals surface area (Å²) in [7, 11) is 1.49. The number of carbonyl (C=O) groups excluding carboxylic acids is 1. The summed E-state index contributed by atoms with van der Waals surface area (Å²) in [5.41, 5.74) is 0.664. The molecule has 3 bridgehead atoms. The Morgan fingerprint density at radius 3 is 2.88 bits per heavy atom. The molecule has 1 spiro atoms. The van der Waals surface area contributed by atoms with Crippen LogP contribution in [0, 0.1) is 11.3 Å². The maximum absolute atomic E-state index is 13.1. The van der Waals surface area contributed by atoms with Crippen LogP contribution in [-0.2, 0) is 4.74 Å². The molecule has 0 radical (unpaired) electrons. The van der Waals surface area contributed by atoms with E-state index in [-0.39, 0.29) is 24.0 Å². The minimum Gasteiger partial charge on any atom is -0.378 e. The van der Waals surface area contributed by atoms with E-state index in [9.17, 15) is 9.18 Å². The van der Waals surface area contributed by atoms with Gasteiger partial charge in [-0.05, 0) is 62.7 Å². The summed E-state index contributed by atoms with van der Waals surface area (Å²) in [6.45, 7) is 0.756. The summed E-state index contributed by atoms with van der Waals surface area (Å²) < 4.78 is 17.8. The molecular formula is C20H33FN2O2. The highest BCUT2D eigenvalue weighted by Crippen LogP contribution is 2.65. The quantitative estimate of drug-likeness (QED) is 0.602. The van der Waals surface area contributed by atoms with Gasteiger partial charge in [0, 0.05) is 19.2 Å². The van der Waals surface area contributed by atoms with Gasteiger partial charge in [0.2, 0.25) is 0 Å². The number of amides is 2. The number of halogens is 1. The van der Waals surface area contributed by atoms with Crippen molar-refractivity contribution in [3.05, 3.63) is 11.9 Å². The van der Waals surface area contributed by atoms with Crippen molar-refractivity contribution in [1.29, 1.82) is 0 Å². The van der Waals surface area contributed by atoms with E-state index in [0.29, 0.717) is 12.0 Å². The third-order valence-electron chi connectivity index (χ3n) is 6.34. The third kappa shape index (κ3) is 4.75. The molecule has 4 aliphatic rings. The highest BCUT2D eigenvalue weighted by Gasteiger charge is 2.61. The average molecular weight is 352 g/mol. The Morgan fingerprint density at radius 1 is 1.28 bits per heavy atom. The second-order valence-corrected chi connectivity index (χ2v) is 8.61. The number of methoxy groups -OCH3 is 1. The maximum atomic E-state index is 13.1. The fraction of sp³-hybridized carbons (Fsp3) is 0.850. The van der Waals surface area contributed by atoms with E-state index in [1.54, 1.807) is 6.08 Å². The van der Waals surface area contributed by atoms with Crippen molar-refractivity contribution in [2.75, 3.05) is 20.3 Å². The predicted octanol–water partition coefficient (Wildman–Crippen LogP) is 4.46. The Labute approximate surface area is 151 Å². The molecule has 0 aromatic heterocycles. The zero-order chi connectivity index (χ0) is 17.8. The van der Waals surface area contributed by atoms with Crippen LogP contribution >= 0.6 is 0 Å². The largest absolute Gasteiger partial charge is 0.378 e. The molecule has 0 aromatic carbocycles. The molecule has 4 nitrogen and oxygen atoms in total. The van der Waals surface area contributed by atoms with Gasteiger partial charge in [0.1, 0.15) is 5.83 Å². The van der Waals surface area contributed by atoms with Crippen LogP contribution in [0.3, 0.4) is 0 Å². The van der Waals surface area contributed by atoms with Crippen molar-refractivity contribution in [2.24, 2.45) is 11.3 Å². The molecule has 2 N–H and O–H groups in total. The van der Waals surface area contributed by atoms with Crippen molar-refractivity contribution in [3.8, 4) is 0 Å². The maximum Gasteiger partial charge on any atom is 0.315 e. The topological polar surface area (TPSA) is 50.4 Å². The van der Waals surface area contributed by atoms with E-state index < -0.39 is 0 Å². The lowest BCUT2D eigenvalue weighted by molar-refractivity contribution is -0.103. The SMILES string of the molecule is COC/C(F)=C/CCCCCNC(=O)NC12CC3CCCC(C3)(C1)C2. The van der Waals surface area contributed by atoms with Gasteiger partial charge in [-0.3, -0.25) is 0 Å². The van der Waals surface area contributed by atoms with E-state index in [1.165, 1.54) is 52.1 Å². The number of allylic oxidation sites excluding steroid dienone is 1. The smallest absolute Gasteiger partial charge is 0.315 e. The molecule has 4 rings (SSSR count). The zero-order valence-corrected chi connectivity index (χ0v) is 15.5. The molecule has 0 heterocycles. The van der Waals surface area contributed by atoms with E-state index in [4.69, 9.17) is 4.74 Å². The molecule has 25 heavy (non-hydrogen) atoms. The van der Waals surface area contributed by atoms with Gasteiger partial charge < -0.3 is 15.4 Å². The van der Waals surface area contributed by atoms with Gasteiger partial charge in [0.15, 0.2) is 0 Å². The summed E-state index contributed by atoms with van der Waals surface area (Å²) in [6, 6.07) is 0.000795. The molecule has 4 saturated carbocycles. The first kappa shape index (κ1) is 18.7. The molecule has 1 atom stereocenters. The molecule has 4 aliphatic carbocycles. The second-order valence-electron chi connectivity index (χ2n) is 8.61. The lowest BCUT2D eigenvalue weighted by atomic mass is 9.43. The van der Waals surface area contributed by atoms with Crippen LogP contribution in [0.25, 0.3) is 0 Å². The summed E-state index contributed by atoms with van der Waals surface area (Å²) in [6.07, 6.45) is 14.3. The van der Waals surface area contributed by atoms with Gasteiger partial charge in [-0.15, -0.1) is 0 Å². The van der Waals surface area contributed by atoms with E-state index in [2.05, 4.69) is 10.6 Å². The number of hydrogen-bond acceptors (Lipinski definition) is 2. The molecule has 0 aliphatic heterocycles. The van der Waals surface area contributed by atoms with Crippen LogP contribution in [-0.4, -0.2) is 31.8 Å². The Kier molecular flexibility index (Phi) is 6.03. The molecule has 1 unspecified atom stereocenters. The van der Waals surface area contributed by atoms with Crippen molar-refractivity contribution < 1.29 is 13.9 Å². The van der Waals surface area contributed by atoms with Crippen LogP contribution in [0.2, 0.25) is 0 Å². The first-order chi connectivity index (χ1) is 12.0. The Hall–Kier alpha value is -1.10. The molecule has 0 aromatic rings. The number of urea groups is 1. The van der Waals surface area contributed by atoms with Crippen molar-refractivity contribution in [1.82, 2.24) is 10.6 Å². The fourth-order valence-corrected chi connectivity index (χ4v) is 5.69. The van der Waals surface area contributed by atoms with E-state index >= 15 is 0 Å². The van der Waals surface area contributed by atoms with Crippen LogP contribution in [0.1, 0.15) is 70.6 Å². The molecule has 142 valence electrons. The fourth-order valence-electron chi connectivity index (χ4n) is 5.69. The number of hydrogen-bond donors (Lipinski definition) is 2. The van der Waals surface area contributed by atoms with E-state index in [1.807, 2.05) is 0 Å². The molecular weight excluding hydrogens is 319 g/mol. The molecule has 0 saturated heterocycles. The summed E-state index contributed by atoms with van der Waals surface area (Å²) >= 11 is 0. The third-order valence-corrected chi connectivity index (χ3v) is 6.34. The first-order valence-corrected chi connectivity index (χ1v) is 9.94. The lowest BCUT2D eigenvalue weighted by Crippen LogP contribution is -2.68. The highest BCUT2D eigenvalue weighted by molar-refractivity contribution is 5.75. The van der Waals surface area contributed by atoms with Crippen molar-refractivity contribution in [3.63, 3.8) is 0 Å². The van der Waals surface area contributed by atoms with Gasteiger partial charge in [-0.1, -0.05) is 25.3 Å². The minimum atomic E-state index is -0.199. The number of nitrogens with one attached hydrogen (secondary N) is 2. The van der Waals surface area contributed by atoms with Gasteiger partial charge in [-0.25, -0.2) is 9.18 Å². The van der Waals surface area contributed by atoms with Crippen LogP contribution in [0.4, 0.5) is 9.18 Å². The van der Waals surface area contributed by atoms with Crippen LogP contribution in [0.5, 0.6) is 0 Å². The number of unbranched alkanes of at least 4 members (excludes halogenated alkanes) is 3. The van der Waals surface area contributed by atoms with Gasteiger partial charge in [0.05, 0.1) is 6.61 Å². The first-order valence-electron chi connectivity index (χ1n) is 9.94. The van der Waals surface area contributed by atoms with Gasteiger partial charge in [0.25, 0.3) is 0 Å². The predicted molar refractivity (Wildman–Crippen MR) is 97.0 cm³/mol. The average Bonchev–Trinajstić information content (AvgIpc) is 2.52. The number of rotatable bonds is 9. The normalized spacial score (nSPS) is 33.5. The Morgan fingerprint density at radius 2 is 2.12 bits per heavy atom. The summed E-state index contributed by atoms with van der Waals surface area (Å²) in [5, 5.41) is 6.30. The van der Waals surface area contributed by atoms with Crippen molar-refractivity contribution in [2.45, 2.75) is 76.2 Å². The molecule has 5 heteroatoms. The molecule has 2 amide bonds.